The molecule has 388 valence electrons. The van der Waals surface area contributed by atoms with E-state index < -0.39 is 59.1 Å². The van der Waals surface area contributed by atoms with Crippen molar-refractivity contribution < 1.29 is 68.5 Å². The first-order chi connectivity index (χ1) is 34.1. The molecule has 0 aliphatic heterocycles. The van der Waals surface area contributed by atoms with E-state index in [9.17, 15) is 49.5 Å². The van der Waals surface area contributed by atoms with Crippen LogP contribution in [0.5, 0.6) is 16.7 Å². The fourth-order valence-electron chi connectivity index (χ4n) is 6.45. The van der Waals surface area contributed by atoms with Gasteiger partial charge in [0.25, 0.3) is 17.0 Å². The maximum absolute atomic E-state index is 13.3. The number of anilines is 1. The molecule has 6 rings (SSSR count). The maximum Gasteiger partial charge on any atom is 0.445 e. The molecule has 1 N–H and O–H groups in total. The second-order valence-corrected chi connectivity index (χ2v) is 17.2. The highest BCUT2D eigenvalue weighted by Crippen LogP contribution is 2.35. The number of aromatic nitrogens is 3. The average Bonchev–Trinajstić information content (AvgIpc) is 3.84. The fraction of sp³-hybridized carbons (Fsp3) is 0.360. The van der Waals surface area contributed by atoms with Crippen molar-refractivity contribution in [1.29, 1.82) is 0 Å². The SMILES string of the molecule is CC(C)N(C(=O)COc1nnc(C(F)(F)F)s1)c1ccc(F)cc1.CCC(Oc1ccc(F)c(C(F)(F)F)c1)C(=O)NCc1ccccc1.CCCCCC(C)OC(=O)COc1ccc(Cl)c2cccnc12. The minimum absolute atomic E-state index is 0.0854. The summed E-state index contributed by atoms with van der Waals surface area (Å²) in [5, 5.41) is 8.79. The second-order valence-electron chi connectivity index (χ2n) is 15.9. The third kappa shape index (κ3) is 18.5. The minimum atomic E-state index is -4.83. The molecule has 12 nitrogen and oxygen atoms in total. The Hall–Kier alpha value is -6.61. The van der Waals surface area contributed by atoms with Crippen LogP contribution in [0.4, 0.5) is 40.8 Å². The van der Waals surface area contributed by atoms with Crippen LogP contribution in [-0.2, 0) is 38.0 Å². The molecule has 72 heavy (non-hydrogen) atoms. The summed E-state index contributed by atoms with van der Waals surface area (Å²) in [6.45, 7) is 8.84. The molecule has 0 fully saturated rings. The number of nitrogens with one attached hydrogen (secondary N) is 1. The number of pyridine rings is 1. The van der Waals surface area contributed by atoms with Gasteiger partial charge in [0.15, 0.2) is 19.3 Å². The summed E-state index contributed by atoms with van der Waals surface area (Å²) in [6, 6.07) is 23.6. The third-order valence-corrected chi connectivity index (χ3v) is 11.1. The number of esters is 1. The predicted molar refractivity (Wildman–Crippen MR) is 256 cm³/mol. The highest BCUT2D eigenvalue weighted by Gasteiger charge is 2.37. The van der Waals surface area contributed by atoms with Crippen LogP contribution in [0.1, 0.15) is 82.9 Å². The molecule has 2 aromatic heterocycles. The van der Waals surface area contributed by atoms with E-state index in [1.54, 1.807) is 39.1 Å². The first-order valence-corrected chi connectivity index (χ1v) is 23.6. The maximum atomic E-state index is 13.3. The largest absolute Gasteiger partial charge is 0.481 e. The van der Waals surface area contributed by atoms with Gasteiger partial charge in [-0.15, -0.1) is 5.10 Å². The van der Waals surface area contributed by atoms with Crippen LogP contribution in [0.25, 0.3) is 10.9 Å². The van der Waals surface area contributed by atoms with E-state index in [-0.39, 0.29) is 60.0 Å². The number of halogens is 9. The molecule has 0 aliphatic rings. The van der Waals surface area contributed by atoms with Gasteiger partial charge in [-0.1, -0.05) is 85.1 Å². The molecule has 0 bridgehead atoms. The number of ether oxygens (including phenoxy) is 4. The Morgan fingerprint density at radius 3 is 2.14 bits per heavy atom. The smallest absolute Gasteiger partial charge is 0.445 e. The zero-order valence-corrected chi connectivity index (χ0v) is 41.2. The van der Waals surface area contributed by atoms with Gasteiger partial charge >= 0.3 is 18.3 Å². The van der Waals surface area contributed by atoms with E-state index in [0.29, 0.717) is 34.1 Å². The Bertz CT molecular complexity index is 2660. The van der Waals surface area contributed by atoms with Gasteiger partial charge in [-0.25, -0.2) is 13.6 Å². The quantitative estimate of drug-likeness (QED) is 0.0473. The summed E-state index contributed by atoms with van der Waals surface area (Å²) in [5.74, 6) is -2.84. The lowest BCUT2D eigenvalue weighted by Crippen LogP contribution is -2.40. The summed E-state index contributed by atoms with van der Waals surface area (Å²) in [7, 11) is 0. The Balaban J connectivity index is 0.000000235. The van der Waals surface area contributed by atoms with E-state index in [1.807, 2.05) is 49.4 Å². The molecular formula is C50H52ClF8N5O7S. The Morgan fingerprint density at radius 1 is 0.806 bits per heavy atom. The van der Waals surface area contributed by atoms with Crippen molar-refractivity contribution in [3.05, 3.63) is 136 Å². The van der Waals surface area contributed by atoms with Crippen molar-refractivity contribution in [2.24, 2.45) is 0 Å². The van der Waals surface area contributed by atoms with Crippen LogP contribution in [0.15, 0.2) is 103 Å². The monoisotopic (exact) mass is 1050 g/mol. The summed E-state index contributed by atoms with van der Waals surface area (Å²) in [5.41, 5.74) is 0.549. The Kier molecular flexibility index (Phi) is 22.4. The molecular weight excluding hydrogens is 1000 g/mol. The topological polar surface area (TPSA) is 142 Å². The number of fused-ring (bicyclic) bond motifs is 1. The zero-order chi connectivity index (χ0) is 53.0. The molecule has 2 amide bonds. The van der Waals surface area contributed by atoms with Crippen LogP contribution >= 0.6 is 22.9 Å². The van der Waals surface area contributed by atoms with Crippen molar-refractivity contribution in [1.82, 2.24) is 20.5 Å². The van der Waals surface area contributed by atoms with Crippen molar-refractivity contribution in [2.45, 2.75) is 104 Å². The summed E-state index contributed by atoms with van der Waals surface area (Å²) < 4.78 is 123. The van der Waals surface area contributed by atoms with E-state index in [0.717, 1.165) is 42.7 Å². The van der Waals surface area contributed by atoms with Gasteiger partial charge in [0, 0.05) is 29.9 Å². The van der Waals surface area contributed by atoms with E-state index in [1.165, 1.54) is 29.2 Å². The van der Waals surface area contributed by atoms with Crippen LogP contribution in [0.3, 0.4) is 0 Å². The van der Waals surface area contributed by atoms with Crippen molar-refractivity contribution >= 4 is 57.3 Å². The molecule has 2 unspecified atom stereocenters. The number of amides is 2. The Morgan fingerprint density at radius 2 is 1.51 bits per heavy atom. The first kappa shape index (κ1) is 58.0. The van der Waals surface area contributed by atoms with Crippen molar-refractivity contribution in [3.8, 4) is 16.7 Å². The summed E-state index contributed by atoms with van der Waals surface area (Å²) >= 11 is 6.34. The Labute approximate surface area is 419 Å². The van der Waals surface area contributed by atoms with Crippen LogP contribution in [-0.4, -0.2) is 64.4 Å². The molecule has 0 radical (unpaired) electrons. The van der Waals surface area contributed by atoms with E-state index >= 15 is 0 Å². The van der Waals surface area contributed by atoms with Crippen LogP contribution in [0.2, 0.25) is 5.02 Å². The normalized spacial score (nSPS) is 12.1. The molecule has 2 heterocycles. The molecule has 0 saturated heterocycles. The number of benzene rings is 4. The number of alkyl halides is 6. The third-order valence-electron chi connectivity index (χ3n) is 9.92. The highest BCUT2D eigenvalue weighted by atomic mass is 35.5. The van der Waals surface area contributed by atoms with Gasteiger partial charge in [-0.05, 0) is 112 Å². The van der Waals surface area contributed by atoms with E-state index in [2.05, 4.69) is 27.4 Å². The molecule has 2 atom stereocenters. The predicted octanol–water partition coefficient (Wildman–Crippen LogP) is 12.6. The second kappa shape index (κ2) is 27.8. The standard InChI is InChI=1S/C18H22ClNO3.C18H17F4NO2.C14H13F4N3O2S/c1-3-4-5-7-13(2)23-17(21)12-22-16-10-9-15(19)14-8-6-11-20-18(14)16;1-2-16(17(24)23-11-12-6-4-3-5-7-12)25-13-8-9-15(19)14(10-13)18(20,21)22;1-8(2)21(10-5-3-9(15)4-6-10)11(22)7-23-13-20-19-12(24-13)14(16,17)18/h6,8-11,13H,3-5,7,12H2,1-2H3;3-10,16H,2,11H2,1H3,(H,23,24);3-6,8H,7H2,1-2H3. The molecule has 22 heteroatoms. The molecule has 0 spiro atoms. The van der Waals surface area contributed by atoms with Gasteiger partial charge in [0.05, 0.1) is 16.7 Å². The van der Waals surface area contributed by atoms with Crippen molar-refractivity contribution in [3.63, 3.8) is 0 Å². The number of nitrogens with zero attached hydrogens (tertiary/aromatic N) is 4. The summed E-state index contributed by atoms with van der Waals surface area (Å²) in [6.07, 6.45) is -4.33. The molecule has 6 aromatic rings. The number of hydrogen-bond donors (Lipinski definition) is 1. The van der Waals surface area contributed by atoms with Gasteiger partial charge in [-0.2, -0.15) is 26.3 Å². The lowest BCUT2D eigenvalue weighted by molar-refractivity contribution is -0.151. The van der Waals surface area contributed by atoms with Crippen LogP contribution in [0, 0.1) is 11.6 Å². The first-order valence-electron chi connectivity index (χ1n) is 22.4. The number of rotatable bonds is 19. The van der Waals surface area contributed by atoms with Gasteiger partial charge in [0.1, 0.15) is 28.7 Å². The number of unbranched alkanes of at least 4 members (excludes halogenated alkanes) is 2. The fourth-order valence-corrected chi connectivity index (χ4v) is 7.23. The molecule has 0 saturated carbocycles. The van der Waals surface area contributed by atoms with Gasteiger partial charge in [0.2, 0.25) is 5.01 Å². The average molecular weight is 1050 g/mol. The van der Waals surface area contributed by atoms with E-state index in [4.69, 9.17) is 30.5 Å². The lowest BCUT2D eigenvalue weighted by Gasteiger charge is -2.26. The minimum Gasteiger partial charge on any atom is -0.481 e. The lowest BCUT2D eigenvalue weighted by atomic mass is 10.1. The van der Waals surface area contributed by atoms with Gasteiger partial charge < -0.3 is 29.2 Å². The highest BCUT2D eigenvalue weighted by molar-refractivity contribution is 7.13. The number of hydrogen-bond acceptors (Lipinski definition) is 11. The van der Waals surface area contributed by atoms with Crippen molar-refractivity contribution in [2.75, 3.05) is 18.1 Å². The number of carbonyl (C=O) groups is 3. The molecule has 4 aromatic carbocycles. The number of carbonyl (C=O) groups excluding carboxylic acids is 3. The van der Waals surface area contributed by atoms with Gasteiger partial charge in [-0.3, -0.25) is 14.6 Å². The zero-order valence-electron chi connectivity index (χ0n) is 39.7. The van der Waals surface area contributed by atoms with Crippen LogP contribution < -0.4 is 24.4 Å². The molecule has 0 aliphatic carbocycles. The summed E-state index contributed by atoms with van der Waals surface area (Å²) in [4.78, 5) is 41.9.